The molecule has 0 bridgehead atoms. The molecular formula is C31H32ClN3O. The number of hydrogen-bond donors (Lipinski definition) is 0. The SMILES string of the molecule is C[C@@H]1CCCCN1Cc1cc(Cl)c(/C=C/c2nccc(-c3ccccc3)c2C#N)cc1OCC1CC1. The lowest BCUT2D eigenvalue weighted by Crippen LogP contribution is -2.36. The summed E-state index contributed by atoms with van der Waals surface area (Å²) in [5.74, 6) is 1.58. The first-order valence-electron chi connectivity index (χ1n) is 12.9. The van der Waals surface area contributed by atoms with Gasteiger partial charge in [0, 0.05) is 34.9 Å². The van der Waals surface area contributed by atoms with E-state index in [1.54, 1.807) is 6.20 Å². The average molecular weight is 498 g/mol. The van der Waals surface area contributed by atoms with Crippen LogP contribution in [0.2, 0.25) is 5.02 Å². The fourth-order valence-corrected chi connectivity index (χ4v) is 5.10. The van der Waals surface area contributed by atoms with Crippen LogP contribution in [-0.4, -0.2) is 29.1 Å². The number of ether oxygens (including phenoxy) is 1. The van der Waals surface area contributed by atoms with Crippen LogP contribution in [-0.2, 0) is 6.54 Å². The number of nitrogens with zero attached hydrogens (tertiary/aromatic N) is 3. The number of nitriles is 1. The molecular weight excluding hydrogens is 466 g/mol. The molecule has 5 heteroatoms. The van der Waals surface area contributed by atoms with Gasteiger partial charge >= 0.3 is 0 Å². The predicted octanol–water partition coefficient (Wildman–Crippen LogP) is 7.61. The second-order valence-electron chi connectivity index (χ2n) is 9.98. The quantitative estimate of drug-likeness (QED) is 0.321. The van der Waals surface area contributed by atoms with Crippen molar-refractivity contribution >= 4 is 23.8 Å². The minimum absolute atomic E-state index is 0.553. The van der Waals surface area contributed by atoms with E-state index in [0.29, 0.717) is 28.2 Å². The normalized spacial score (nSPS) is 18.3. The Morgan fingerprint density at radius 1 is 1.11 bits per heavy atom. The maximum absolute atomic E-state index is 9.92. The first-order valence-corrected chi connectivity index (χ1v) is 13.3. The summed E-state index contributed by atoms with van der Waals surface area (Å²) in [4.78, 5) is 7.02. The summed E-state index contributed by atoms with van der Waals surface area (Å²) >= 11 is 6.79. The zero-order valence-corrected chi connectivity index (χ0v) is 21.5. The lowest BCUT2D eigenvalue weighted by molar-refractivity contribution is 0.150. The molecule has 36 heavy (non-hydrogen) atoms. The van der Waals surface area contributed by atoms with Crippen LogP contribution in [0.25, 0.3) is 23.3 Å². The van der Waals surface area contributed by atoms with Crippen LogP contribution < -0.4 is 4.74 Å². The van der Waals surface area contributed by atoms with Crippen LogP contribution in [0.4, 0.5) is 0 Å². The van der Waals surface area contributed by atoms with Gasteiger partial charge in [-0.2, -0.15) is 5.26 Å². The van der Waals surface area contributed by atoms with Crippen molar-refractivity contribution < 1.29 is 4.74 Å². The molecule has 1 aliphatic heterocycles. The van der Waals surface area contributed by atoms with Gasteiger partial charge in [-0.1, -0.05) is 54.4 Å². The molecule has 184 valence electrons. The summed E-state index contributed by atoms with van der Waals surface area (Å²) in [6.45, 7) is 5.03. The molecule has 1 aromatic heterocycles. The topological polar surface area (TPSA) is 49.2 Å². The number of benzene rings is 2. The molecule has 2 aliphatic rings. The lowest BCUT2D eigenvalue weighted by Gasteiger charge is -2.33. The molecule has 2 aromatic carbocycles. The minimum Gasteiger partial charge on any atom is -0.493 e. The third kappa shape index (κ3) is 5.81. The maximum Gasteiger partial charge on any atom is 0.124 e. The first kappa shape index (κ1) is 24.6. The molecule has 4 nitrogen and oxygen atoms in total. The van der Waals surface area contributed by atoms with Gasteiger partial charge in [0.15, 0.2) is 0 Å². The summed E-state index contributed by atoms with van der Waals surface area (Å²) in [6, 6.07) is 18.8. The van der Waals surface area contributed by atoms with Gasteiger partial charge in [0.05, 0.1) is 17.9 Å². The number of rotatable bonds is 8. The van der Waals surface area contributed by atoms with E-state index >= 15 is 0 Å². The van der Waals surface area contributed by atoms with Crippen molar-refractivity contribution in [1.29, 1.82) is 5.26 Å². The zero-order chi connectivity index (χ0) is 24.9. The number of aromatic nitrogens is 1. The second-order valence-corrected chi connectivity index (χ2v) is 10.4. The van der Waals surface area contributed by atoms with Gasteiger partial charge in [0.25, 0.3) is 0 Å². The Balaban J connectivity index is 1.44. The van der Waals surface area contributed by atoms with Crippen molar-refractivity contribution in [3.63, 3.8) is 0 Å². The molecule has 2 heterocycles. The summed E-state index contributed by atoms with van der Waals surface area (Å²) < 4.78 is 6.32. The molecule has 2 fully saturated rings. The fourth-order valence-electron chi connectivity index (χ4n) is 4.85. The van der Waals surface area contributed by atoms with Crippen LogP contribution in [0.1, 0.15) is 61.4 Å². The zero-order valence-electron chi connectivity index (χ0n) is 20.8. The van der Waals surface area contributed by atoms with Gasteiger partial charge in [-0.15, -0.1) is 0 Å². The molecule has 3 aromatic rings. The van der Waals surface area contributed by atoms with Gasteiger partial charge < -0.3 is 4.74 Å². The highest BCUT2D eigenvalue weighted by Gasteiger charge is 2.24. The Kier molecular flexibility index (Phi) is 7.70. The highest BCUT2D eigenvalue weighted by atomic mass is 35.5. The Bertz CT molecular complexity index is 1280. The van der Waals surface area contributed by atoms with Crippen LogP contribution in [0.3, 0.4) is 0 Å². The summed E-state index contributed by atoms with van der Waals surface area (Å²) in [5, 5.41) is 10.6. The van der Waals surface area contributed by atoms with Crippen molar-refractivity contribution in [1.82, 2.24) is 9.88 Å². The summed E-state index contributed by atoms with van der Waals surface area (Å²) in [5.41, 5.74) is 5.07. The van der Waals surface area contributed by atoms with E-state index in [9.17, 15) is 5.26 Å². The molecule has 0 radical (unpaired) electrons. The van der Waals surface area contributed by atoms with Crippen molar-refractivity contribution in [2.75, 3.05) is 13.2 Å². The van der Waals surface area contributed by atoms with E-state index in [0.717, 1.165) is 47.7 Å². The third-order valence-electron chi connectivity index (χ3n) is 7.26. The van der Waals surface area contributed by atoms with E-state index in [1.807, 2.05) is 48.6 Å². The van der Waals surface area contributed by atoms with Crippen LogP contribution in [0, 0.1) is 17.2 Å². The average Bonchev–Trinajstić information content (AvgIpc) is 3.74. The summed E-state index contributed by atoms with van der Waals surface area (Å²) in [7, 11) is 0. The van der Waals surface area contributed by atoms with Gasteiger partial charge in [-0.3, -0.25) is 9.88 Å². The first-order chi connectivity index (χ1) is 17.6. The molecule has 5 rings (SSSR count). The van der Waals surface area contributed by atoms with Crippen molar-refractivity contribution in [2.45, 2.75) is 51.6 Å². The van der Waals surface area contributed by atoms with E-state index < -0.39 is 0 Å². The van der Waals surface area contributed by atoms with E-state index in [2.05, 4.69) is 35.0 Å². The monoisotopic (exact) mass is 497 g/mol. The van der Waals surface area contributed by atoms with Crippen LogP contribution >= 0.6 is 11.6 Å². The van der Waals surface area contributed by atoms with E-state index in [4.69, 9.17) is 16.3 Å². The molecule has 1 saturated carbocycles. The Morgan fingerprint density at radius 3 is 2.69 bits per heavy atom. The number of halogens is 1. The van der Waals surface area contributed by atoms with Crippen molar-refractivity contribution in [3.8, 4) is 22.9 Å². The van der Waals surface area contributed by atoms with E-state index in [1.165, 1.54) is 32.1 Å². The van der Waals surface area contributed by atoms with Crippen molar-refractivity contribution in [2.24, 2.45) is 5.92 Å². The molecule has 1 atom stereocenters. The van der Waals surface area contributed by atoms with Gasteiger partial charge in [-0.05, 0) is 80.5 Å². The summed E-state index contributed by atoms with van der Waals surface area (Å²) in [6.07, 6.45) is 11.9. The molecule has 0 spiro atoms. The molecule has 0 N–H and O–H groups in total. The highest BCUT2D eigenvalue weighted by molar-refractivity contribution is 6.32. The van der Waals surface area contributed by atoms with Crippen LogP contribution in [0.15, 0.2) is 54.7 Å². The number of likely N-dealkylation sites (tertiary alicyclic amines) is 1. The highest BCUT2D eigenvalue weighted by Crippen LogP contribution is 2.35. The number of pyridine rings is 1. The Morgan fingerprint density at radius 2 is 1.94 bits per heavy atom. The van der Waals surface area contributed by atoms with Gasteiger partial charge in [0.1, 0.15) is 11.8 Å². The smallest absolute Gasteiger partial charge is 0.124 e. The predicted molar refractivity (Wildman–Crippen MR) is 147 cm³/mol. The largest absolute Gasteiger partial charge is 0.493 e. The van der Waals surface area contributed by atoms with Crippen molar-refractivity contribution in [3.05, 3.63) is 82.1 Å². The number of hydrogen-bond acceptors (Lipinski definition) is 4. The maximum atomic E-state index is 9.92. The fraction of sp³-hybridized carbons (Fsp3) is 0.355. The third-order valence-corrected chi connectivity index (χ3v) is 7.59. The Labute approximate surface area is 219 Å². The molecule has 0 amide bonds. The van der Waals surface area contributed by atoms with E-state index in [-0.39, 0.29) is 0 Å². The molecule has 1 saturated heterocycles. The van der Waals surface area contributed by atoms with Crippen LogP contribution in [0.5, 0.6) is 5.75 Å². The number of piperidine rings is 1. The second kappa shape index (κ2) is 11.3. The van der Waals surface area contributed by atoms with Gasteiger partial charge in [0.2, 0.25) is 0 Å². The standard InChI is InChI=1S/C31H32ClN3O/c1-22-7-5-6-16-35(22)20-26-17-29(32)25(18-31(26)36-21-23-10-11-23)12-13-30-28(19-33)27(14-15-34-30)24-8-3-2-4-9-24/h2-4,8-9,12-15,17-18,22-23H,5-7,10-11,16,20-21H2,1H3/b13-12+/t22-/m1/s1. The molecule has 0 unspecified atom stereocenters. The minimum atomic E-state index is 0.553. The van der Waals surface area contributed by atoms with Gasteiger partial charge in [-0.25, -0.2) is 0 Å². The molecule has 1 aliphatic carbocycles. The lowest BCUT2D eigenvalue weighted by atomic mass is 9.99. The Hall–Kier alpha value is -3.13.